The summed E-state index contributed by atoms with van der Waals surface area (Å²) >= 11 is 0. The number of likely N-dealkylation sites (tertiary alicyclic amines) is 1. The molecule has 0 saturated carbocycles. The summed E-state index contributed by atoms with van der Waals surface area (Å²) < 4.78 is 8.92. The Balaban J connectivity index is 1.85. The van der Waals surface area contributed by atoms with Crippen molar-refractivity contribution in [3.63, 3.8) is 0 Å². The number of hydrogen-bond acceptors (Lipinski definition) is 5. The van der Waals surface area contributed by atoms with E-state index in [4.69, 9.17) is 4.74 Å². The van der Waals surface area contributed by atoms with Crippen molar-refractivity contribution in [2.24, 2.45) is 7.05 Å². The quantitative estimate of drug-likeness (QED) is 0.849. The standard InChI is InChI=1S/C16H24N6O2/c1-10-14(16(24-5)20(4)18-10)15(23)21-8-6-7-13(9-21)22-12(3)17-11(2)19-22/h13H,6-9H2,1-5H3/t13-/m1/s1. The Morgan fingerprint density at radius 2 is 2.00 bits per heavy atom. The van der Waals surface area contributed by atoms with E-state index in [9.17, 15) is 4.79 Å². The number of rotatable bonds is 3. The first-order valence-corrected chi connectivity index (χ1v) is 8.19. The Morgan fingerprint density at radius 3 is 2.62 bits per heavy atom. The highest BCUT2D eigenvalue weighted by Crippen LogP contribution is 2.27. The average Bonchev–Trinajstić information content (AvgIpc) is 3.04. The second kappa shape index (κ2) is 6.26. The third-order valence-electron chi connectivity index (χ3n) is 4.51. The summed E-state index contributed by atoms with van der Waals surface area (Å²) in [7, 11) is 3.34. The summed E-state index contributed by atoms with van der Waals surface area (Å²) in [5.41, 5.74) is 1.24. The van der Waals surface area contributed by atoms with E-state index < -0.39 is 0 Å². The van der Waals surface area contributed by atoms with E-state index in [1.54, 1.807) is 18.8 Å². The van der Waals surface area contributed by atoms with E-state index >= 15 is 0 Å². The maximum Gasteiger partial charge on any atom is 0.261 e. The average molecular weight is 332 g/mol. The van der Waals surface area contributed by atoms with Crippen molar-refractivity contribution in [2.45, 2.75) is 39.7 Å². The number of aryl methyl sites for hydroxylation is 4. The van der Waals surface area contributed by atoms with E-state index in [1.165, 1.54) is 0 Å². The van der Waals surface area contributed by atoms with E-state index in [1.807, 2.05) is 30.4 Å². The highest BCUT2D eigenvalue weighted by molar-refractivity contribution is 5.97. The van der Waals surface area contributed by atoms with Gasteiger partial charge in [-0.1, -0.05) is 0 Å². The van der Waals surface area contributed by atoms with E-state index in [2.05, 4.69) is 15.2 Å². The molecule has 0 bridgehead atoms. The predicted octanol–water partition coefficient (Wildman–Crippen LogP) is 1.42. The van der Waals surface area contributed by atoms with Gasteiger partial charge < -0.3 is 9.64 Å². The van der Waals surface area contributed by atoms with Crippen molar-refractivity contribution in [1.29, 1.82) is 0 Å². The van der Waals surface area contributed by atoms with Crippen molar-refractivity contribution in [3.8, 4) is 5.88 Å². The van der Waals surface area contributed by atoms with Gasteiger partial charge in [-0.15, -0.1) is 0 Å². The minimum Gasteiger partial charge on any atom is -0.481 e. The van der Waals surface area contributed by atoms with Crippen molar-refractivity contribution in [1.82, 2.24) is 29.4 Å². The second-order valence-electron chi connectivity index (χ2n) is 6.29. The molecule has 1 fully saturated rings. The summed E-state index contributed by atoms with van der Waals surface area (Å²) in [6.07, 6.45) is 1.94. The molecule has 0 aliphatic carbocycles. The molecule has 1 aliphatic heterocycles. The molecule has 1 atom stereocenters. The fourth-order valence-corrected chi connectivity index (χ4v) is 3.50. The molecule has 24 heavy (non-hydrogen) atoms. The molecule has 2 aromatic heterocycles. The van der Waals surface area contributed by atoms with Crippen molar-refractivity contribution in [3.05, 3.63) is 22.9 Å². The van der Waals surface area contributed by atoms with Crippen LogP contribution in [0.4, 0.5) is 0 Å². The van der Waals surface area contributed by atoms with Crippen LogP contribution in [-0.4, -0.2) is 55.6 Å². The summed E-state index contributed by atoms with van der Waals surface area (Å²) in [5.74, 6) is 2.13. The second-order valence-corrected chi connectivity index (χ2v) is 6.29. The molecule has 3 rings (SSSR count). The first-order chi connectivity index (χ1) is 11.4. The highest BCUT2D eigenvalue weighted by atomic mass is 16.5. The number of methoxy groups -OCH3 is 1. The number of carbonyl (C=O) groups is 1. The minimum absolute atomic E-state index is 0.0309. The lowest BCUT2D eigenvalue weighted by Gasteiger charge is -2.33. The Hall–Kier alpha value is -2.38. The van der Waals surface area contributed by atoms with Gasteiger partial charge in [-0.2, -0.15) is 10.2 Å². The number of hydrogen-bond donors (Lipinski definition) is 0. The first kappa shape index (κ1) is 16.5. The molecule has 3 heterocycles. The molecule has 0 N–H and O–H groups in total. The molecule has 0 spiro atoms. The fraction of sp³-hybridized carbons (Fsp3) is 0.625. The Bertz CT molecular complexity index is 763. The Morgan fingerprint density at radius 1 is 1.25 bits per heavy atom. The number of piperidine rings is 1. The van der Waals surface area contributed by atoms with Gasteiger partial charge in [0.2, 0.25) is 5.88 Å². The number of carbonyl (C=O) groups excluding carboxylic acids is 1. The smallest absolute Gasteiger partial charge is 0.261 e. The van der Waals surface area contributed by atoms with Crippen LogP contribution in [-0.2, 0) is 7.05 Å². The van der Waals surface area contributed by atoms with Crippen molar-refractivity contribution in [2.75, 3.05) is 20.2 Å². The van der Waals surface area contributed by atoms with Gasteiger partial charge in [0.1, 0.15) is 17.2 Å². The summed E-state index contributed by atoms with van der Waals surface area (Å²) in [6.45, 7) is 7.04. The zero-order valence-corrected chi connectivity index (χ0v) is 14.9. The molecule has 8 heteroatoms. The lowest BCUT2D eigenvalue weighted by molar-refractivity contribution is 0.0666. The molecule has 8 nitrogen and oxygen atoms in total. The van der Waals surface area contributed by atoms with Crippen LogP contribution in [0.15, 0.2) is 0 Å². The van der Waals surface area contributed by atoms with Gasteiger partial charge in [0, 0.05) is 20.1 Å². The number of ether oxygens (including phenoxy) is 1. The molecule has 130 valence electrons. The molecular formula is C16H24N6O2. The molecule has 2 aromatic rings. The van der Waals surface area contributed by atoms with Gasteiger partial charge >= 0.3 is 0 Å². The van der Waals surface area contributed by atoms with Crippen molar-refractivity contribution < 1.29 is 9.53 Å². The van der Waals surface area contributed by atoms with Crippen LogP contribution in [0.5, 0.6) is 5.88 Å². The highest BCUT2D eigenvalue weighted by Gasteiger charge is 2.31. The van der Waals surface area contributed by atoms with Crippen LogP contribution in [0, 0.1) is 20.8 Å². The topological polar surface area (TPSA) is 78.1 Å². The summed E-state index contributed by atoms with van der Waals surface area (Å²) in [6, 6.07) is 0.159. The molecular weight excluding hydrogens is 308 g/mol. The maximum atomic E-state index is 13.0. The Kier molecular flexibility index (Phi) is 4.29. The minimum atomic E-state index is -0.0309. The number of nitrogens with zero attached hydrogens (tertiary/aromatic N) is 6. The third-order valence-corrected chi connectivity index (χ3v) is 4.51. The van der Waals surface area contributed by atoms with Gasteiger partial charge in [-0.3, -0.25) is 4.79 Å². The van der Waals surface area contributed by atoms with Crippen LogP contribution in [0.1, 0.15) is 46.6 Å². The van der Waals surface area contributed by atoms with E-state index in [0.29, 0.717) is 23.7 Å². The molecule has 1 aliphatic rings. The third kappa shape index (κ3) is 2.76. The van der Waals surface area contributed by atoms with Crippen LogP contribution < -0.4 is 4.74 Å². The largest absolute Gasteiger partial charge is 0.481 e. The number of amides is 1. The predicted molar refractivity (Wildman–Crippen MR) is 88.2 cm³/mol. The Labute approximate surface area is 141 Å². The van der Waals surface area contributed by atoms with E-state index in [0.717, 1.165) is 31.0 Å². The first-order valence-electron chi connectivity index (χ1n) is 8.19. The molecule has 1 saturated heterocycles. The molecule has 0 aromatic carbocycles. The molecule has 0 unspecified atom stereocenters. The summed E-state index contributed by atoms with van der Waals surface area (Å²) in [5, 5.41) is 8.79. The van der Waals surface area contributed by atoms with Gasteiger partial charge in [-0.25, -0.2) is 14.3 Å². The maximum absolute atomic E-state index is 13.0. The van der Waals surface area contributed by atoms with Gasteiger partial charge in [0.15, 0.2) is 0 Å². The molecule has 1 amide bonds. The van der Waals surface area contributed by atoms with E-state index in [-0.39, 0.29) is 11.9 Å². The number of aromatic nitrogens is 5. The zero-order valence-electron chi connectivity index (χ0n) is 14.9. The van der Waals surface area contributed by atoms with Gasteiger partial charge in [-0.05, 0) is 33.6 Å². The van der Waals surface area contributed by atoms with Crippen LogP contribution in [0.3, 0.4) is 0 Å². The van der Waals surface area contributed by atoms with Gasteiger partial charge in [0.05, 0.1) is 18.8 Å². The van der Waals surface area contributed by atoms with Crippen molar-refractivity contribution >= 4 is 5.91 Å². The lowest BCUT2D eigenvalue weighted by atomic mass is 10.0. The monoisotopic (exact) mass is 332 g/mol. The van der Waals surface area contributed by atoms with Crippen LogP contribution in [0.25, 0.3) is 0 Å². The normalized spacial score (nSPS) is 18.0. The zero-order chi connectivity index (χ0) is 17.4. The summed E-state index contributed by atoms with van der Waals surface area (Å²) in [4.78, 5) is 19.3. The van der Waals surface area contributed by atoms with Gasteiger partial charge in [0.25, 0.3) is 5.91 Å². The van der Waals surface area contributed by atoms with Crippen LogP contribution >= 0.6 is 0 Å². The van der Waals surface area contributed by atoms with Crippen LogP contribution in [0.2, 0.25) is 0 Å². The lowest BCUT2D eigenvalue weighted by Crippen LogP contribution is -2.41. The molecule has 0 radical (unpaired) electrons. The fourth-order valence-electron chi connectivity index (χ4n) is 3.50. The SMILES string of the molecule is COc1c(C(=O)N2CCC[C@@H](n3nc(C)nc3C)C2)c(C)nn1C.